The Morgan fingerprint density at radius 1 is 1.21 bits per heavy atom. The van der Waals surface area contributed by atoms with E-state index in [1.54, 1.807) is 7.05 Å². The molecule has 144 valence electrons. The van der Waals surface area contributed by atoms with Gasteiger partial charge in [0.25, 0.3) is 5.91 Å². The van der Waals surface area contributed by atoms with Gasteiger partial charge in [0, 0.05) is 37.6 Å². The van der Waals surface area contributed by atoms with E-state index in [2.05, 4.69) is 48.4 Å². The summed E-state index contributed by atoms with van der Waals surface area (Å²) in [4.78, 5) is 23.9. The Morgan fingerprint density at radius 2 is 2.00 bits per heavy atom. The predicted octanol–water partition coefficient (Wildman–Crippen LogP) is 2.35. The highest BCUT2D eigenvalue weighted by molar-refractivity contribution is 6.07. The van der Waals surface area contributed by atoms with Crippen LogP contribution < -0.4 is 11.1 Å². The molecule has 3 aliphatic rings. The molecule has 0 bridgehead atoms. The summed E-state index contributed by atoms with van der Waals surface area (Å²) < 4.78 is 0. The number of hydrogen-bond donors (Lipinski definition) is 2. The molecule has 3 N–H and O–H groups in total. The molecule has 28 heavy (non-hydrogen) atoms. The summed E-state index contributed by atoms with van der Waals surface area (Å²) in [6.45, 7) is 5.39. The Bertz CT molecular complexity index is 1020. The third-order valence-corrected chi connectivity index (χ3v) is 6.17. The standard InChI is InChI=1S/C22H25N5O/c1-21(2)8-14-5-4-13(15-6-16(10-24-9-15)18-11-25-18)7-17(14)22(12-21)19(28)27(3)20(23)26-22/h4-7,9-10,18,25H,8,11-12H2,1-3H3,(H2,23,26). The van der Waals surface area contributed by atoms with Crippen molar-refractivity contribution in [2.45, 2.75) is 38.3 Å². The van der Waals surface area contributed by atoms with E-state index >= 15 is 0 Å². The first-order valence-electron chi connectivity index (χ1n) is 9.75. The highest BCUT2D eigenvalue weighted by Crippen LogP contribution is 2.50. The van der Waals surface area contributed by atoms with Crippen LogP contribution >= 0.6 is 0 Å². The maximum atomic E-state index is 13.3. The fourth-order valence-corrected chi connectivity index (χ4v) is 4.75. The van der Waals surface area contributed by atoms with Crippen molar-refractivity contribution >= 4 is 11.9 Å². The molecule has 3 heterocycles. The van der Waals surface area contributed by atoms with Gasteiger partial charge in [-0.1, -0.05) is 26.0 Å². The number of pyridine rings is 1. The molecule has 1 amide bonds. The largest absolute Gasteiger partial charge is 0.369 e. The summed E-state index contributed by atoms with van der Waals surface area (Å²) in [7, 11) is 1.71. The van der Waals surface area contributed by atoms with Gasteiger partial charge in [-0.05, 0) is 52.6 Å². The minimum absolute atomic E-state index is 0.0295. The first-order valence-corrected chi connectivity index (χ1v) is 9.75. The maximum absolute atomic E-state index is 13.3. The second-order valence-corrected chi connectivity index (χ2v) is 9.05. The summed E-state index contributed by atoms with van der Waals surface area (Å²) in [6, 6.07) is 8.99. The lowest BCUT2D eigenvalue weighted by Gasteiger charge is -2.41. The average molecular weight is 375 g/mol. The zero-order chi connectivity index (χ0) is 19.7. The van der Waals surface area contributed by atoms with Gasteiger partial charge in [0.15, 0.2) is 11.5 Å². The number of rotatable bonds is 2. The lowest BCUT2D eigenvalue weighted by atomic mass is 9.65. The number of nitrogens with two attached hydrogens (primary N) is 1. The van der Waals surface area contributed by atoms with Crippen LogP contribution in [-0.2, 0) is 16.8 Å². The third kappa shape index (κ3) is 2.55. The number of likely N-dealkylation sites (N-methyl/N-ethyl adjacent to an activating group) is 1. The van der Waals surface area contributed by atoms with E-state index in [1.165, 1.54) is 16.0 Å². The number of guanidine groups is 1. The topological polar surface area (TPSA) is 93.5 Å². The number of nitrogens with zero attached hydrogens (tertiary/aromatic N) is 3. The Labute approximate surface area is 164 Å². The van der Waals surface area contributed by atoms with E-state index in [-0.39, 0.29) is 11.3 Å². The zero-order valence-corrected chi connectivity index (χ0v) is 16.5. The van der Waals surface area contributed by atoms with Crippen molar-refractivity contribution in [3.8, 4) is 11.1 Å². The average Bonchev–Trinajstić information content (AvgIpc) is 3.48. The molecule has 1 aliphatic carbocycles. The first kappa shape index (κ1) is 17.4. The van der Waals surface area contributed by atoms with Crippen molar-refractivity contribution < 1.29 is 4.79 Å². The van der Waals surface area contributed by atoms with E-state index in [9.17, 15) is 4.79 Å². The second kappa shape index (κ2) is 5.64. The number of benzene rings is 1. The quantitative estimate of drug-likeness (QED) is 0.788. The number of aromatic nitrogens is 1. The van der Waals surface area contributed by atoms with Gasteiger partial charge in [0.05, 0.1) is 0 Å². The van der Waals surface area contributed by atoms with Crippen LogP contribution in [-0.4, -0.2) is 35.3 Å². The monoisotopic (exact) mass is 375 g/mol. The molecule has 1 saturated heterocycles. The Kier molecular flexibility index (Phi) is 3.50. The zero-order valence-electron chi connectivity index (χ0n) is 16.5. The normalized spacial score (nSPS) is 27.7. The molecule has 5 rings (SSSR count). The predicted molar refractivity (Wildman–Crippen MR) is 109 cm³/mol. The molecule has 2 unspecified atom stereocenters. The van der Waals surface area contributed by atoms with E-state index in [0.717, 1.165) is 29.7 Å². The SMILES string of the molecule is CN1C(=O)C2(CC(C)(C)Cc3ccc(-c4cncc(C5CN5)c4)cc32)N=C1N. The van der Waals surface area contributed by atoms with Crippen LogP contribution in [0.1, 0.15) is 43.0 Å². The van der Waals surface area contributed by atoms with Gasteiger partial charge < -0.3 is 11.1 Å². The molecule has 2 atom stereocenters. The van der Waals surface area contributed by atoms with Crippen LogP contribution in [0, 0.1) is 5.41 Å². The van der Waals surface area contributed by atoms with Gasteiger partial charge in [-0.3, -0.25) is 14.7 Å². The van der Waals surface area contributed by atoms with Crippen LogP contribution in [0.4, 0.5) is 0 Å². The van der Waals surface area contributed by atoms with E-state index in [1.807, 2.05) is 12.4 Å². The molecular weight excluding hydrogens is 350 g/mol. The number of nitrogens with one attached hydrogen (secondary N) is 1. The fraction of sp³-hybridized carbons (Fsp3) is 0.409. The molecule has 0 saturated carbocycles. The summed E-state index contributed by atoms with van der Waals surface area (Å²) >= 11 is 0. The van der Waals surface area contributed by atoms with Crippen molar-refractivity contribution in [2.24, 2.45) is 16.1 Å². The van der Waals surface area contributed by atoms with E-state index in [4.69, 9.17) is 10.7 Å². The van der Waals surface area contributed by atoms with Crippen LogP contribution in [0.25, 0.3) is 11.1 Å². The van der Waals surface area contributed by atoms with Crippen LogP contribution in [0.15, 0.2) is 41.7 Å². The van der Waals surface area contributed by atoms with Gasteiger partial charge in [0.1, 0.15) is 0 Å². The minimum atomic E-state index is -0.922. The Morgan fingerprint density at radius 3 is 2.68 bits per heavy atom. The first-order chi connectivity index (χ1) is 13.3. The molecule has 0 radical (unpaired) electrons. The van der Waals surface area contributed by atoms with Crippen molar-refractivity contribution in [1.82, 2.24) is 15.2 Å². The number of aliphatic imine (C=N–C) groups is 1. The summed E-state index contributed by atoms with van der Waals surface area (Å²) in [5.41, 5.74) is 10.6. The lowest BCUT2D eigenvalue weighted by molar-refractivity contribution is -0.132. The number of carbonyl (C=O) groups excluding carboxylic acids is 1. The second-order valence-electron chi connectivity index (χ2n) is 9.05. The molecule has 2 aliphatic heterocycles. The third-order valence-electron chi connectivity index (χ3n) is 6.17. The van der Waals surface area contributed by atoms with Crippen LogP contribution in [0.3, 0.4) is 0 Å². The summed E-state index contributed by atoms with van der Waals surface area (Å²) in [5.74, 6) is 0.257. The highest BCUT2D eigenvalue weighted by atomic mass is 16.2. The molecule has 6 nitrogen and oxygen atoms in total. The summed E-state index contributed by atoms with van der Waals surface area (Å²) in [5, 5.41) is 3.32. The lowest BCUT2D eigenvalue weighted by Crippen LogP contribution is -2.46. The number of fused-ring (bicyclic) bond motifs is 2. The maximum Gasteiger partial charge on any atom is 0.261 e. The Hall–Kier alpha value is -2.73. The summed E-state index contributed by atoms with van der Waals surface area (Å²) in [6.07, 6.45) is 5.37. The van der Waals surface area contributed by atoms with Crippen molar-refractivity contribution in [3.63, 3.8) is 0 Å². The molecule has 1 spiro atoms. The van der Waals surface area contributed by atoms with E-state index in [0.29, 0.717) is 18.4 Å². The molecular formula is C22H25N5O. The number of hydrogen-bond acceptors (Lipinski definition) is 5. The Balaban J connectivity index is 1.66. The molecule has 6 heteroatoms. The van der Waals surface area contributed by atoms with Gasteiger partial charge in [0.2, 0.25) is 0 Å². The van der Waals surface area contributed by atoms with Crippen LogP contribution in [0.5, 0.6) is 0 Å². The van der Waals surface area contributed by atoms with Gasteiger partial charge in [-0.15, -0.1) is 0 Å². The minimum Gasteiger partial charge on any atom is -0.369 e. The van der Waals surface area contributed by atoms with Crippen LogP contribution in [0.2, 0.25) is 0 Å². The fourth-order valence-electron chi connectivity index (χ4n) is 4.75. The van der Waals surface area contributed by atoms with Crippen molar-refractivity contribution in [3.05, 3.63) is 53.3 Å². The molecule has 1 aromatic carbocycles. The van der Waals surface area contributed by atoms with Crippen molar-refractivity contribution in [1.29, 1.82) is 0 Å². The highest BCUT2D eigenvalue weighted by Gasteiger charge is 2.54. The van der Waals surface area contributed by atoms with E-state index < -0.39 is 5.54 Å². The molecule has 1 aromatic heterocycles. The van der Waals surface area contributed by atoms with Gasteiger partial charge >= 0.3 is 0 Å². The smallest absolute Gasteiger partial charge is 0.261 e. The molecule has 2 aromatic rings. The van der Waals surface area contributed by atoms with Crippen molar-refractivity contribution in [2.75, 3.05) is 13.6 Å². The number of carbonyl (C=O) groups is 1. The number of amides is 1. The molecule has 1 fully saturated rings. The van der Waals surface area contributed by atoms with Gasteiger partial charge in [-0.2, -0.15) is 0 Å². The van der Waals surface area contributed by atoms with Gasteiger partial charge in [-0.25, -0.2) is 4.99 Å².